The Morgan fingerprint density at radius 1 is 1.20 bits per heavy atom. The third-order valence-electron chi connectivity index (χ3n) is 6.47. The number of fused-ring (bicyclic) bond motifs is 1. The van der Waals surface area contributed by atoms with Gasteiger partial charge < -0.3 is 19.9 Å². The fraction of sp³-hybridized carbons (Fsp3) is 0.519. The van der Waals surface area contributed by atoms with Crippen molar-refractivity contribution in [1.29, 1.82) is 0 Å². The lowest BCUT2D eigenvalue weighted by Gasteiger charge is -2.34. The molecular formula is C27H37N5O2S. The summed E-state index contributed by atoms with van der Waals surface area (Å²) in [7, 11) is 5.80. The van der Waals surface area contributed by atoms with Gasteiger partial charge in [-0.3, -0.25) is 4.79 Å². The van der Waals surface area contributed by atoms with Crippen molar-refractivity contribution in [3.8, 4) is 11.1 Å². The molecule has 1 amide bonds. The highest BCUT2D eigenvalue weighted by molar-refractivity contribution is 7.17. The van der Waals surface area contributed by atoms with Gasteiger partial charge in [0.25, 0.3) is 0 Å². The molecule has 4 rings (SSSR count). The number of aromatic nitrogens is 2. The van der Waals surface area contributed by atoms with Gasteiger partial charge in [0.2, 0.25) is 5.91 Å². The molecule has 3 heterocycles. The van der Waals surface area contributed by atoms with E-state index in [1.807, 2.05) is 6.07 Å². The first-order chi connectivity index (χ1) is 16.8. The summed E-state index contributed by atoms with van der Waals surface area (Å²) >= 11 is 1.64. The Morgan fingerprint density at radius 3 is 2.57 bits per heavy atom. The number of piperidine rings is 1. The summed E-state index contributed by atoms with van der Waals surface area (Å²) < 4.78 is 5.34. The van der Waals surface area contributed by atoms with Crippen LogP contribution in [0.15, 0.2) is 35.7 Å². The highest BCUT2D eigenvalue weighted by Gasteiger charge is 2.29. The van der Waals surface area contributed by atoms with Gasteiger partial charge in [0.15, 0.2) is 5.82 Å². The van der Waals surface area contributed by atoms with Crippen molar-refractivity contribution in [2.45, 2.75) is 33.3 Å². The first-order valence-electron chi connectivity index (χ1n) is 12.3. The van der Waals surface area contributed by atoms with Crippen molar-refractivity contribution >= 4 is 33.3 Å². The highest BCUT2D eigenvalue weighted by atomic mass is 32.1. The van der Waals surface area contributed by atoms with Crippen LogP contribution in [0, 0.1) is 11.3 Å². The highest BCUT2D eigenvalue weighted by Crippen LogP contribution is 2.39. The molecule has 3 aromatic rings. The van der Waals surface area contributed by atoms with E-state index in [0.29, 0.717) is 19.0 Å². The molecule has 1 N–H and O–H groups in total. The average molecular weight is 496 g/mol. The number of hydrogen-bond acceptors (Lipinski definition) is 7. The third kappa shape index (κ3) is 6.18. The number of nitrogens with zero attached hydrogens (tertiary/aromatic N) is 4. The van der Waals surface area contributed by atoms with Crippen LogP contribution in [0.3, 0.4) is 0 Å². The molecule has 0 saturated carbocycles. The van der Waals surface area contributed by atoms with Gasteiger partial charge in [0, 0.05) is 50.2 Å². The van der Waals surface area contributed by atoms with Crippen molar-refractivity contribution < 1.29 is 9.53 Å². The molecule has 0 unspecified atom stereocenters. The number of ether oxygens (including phenoxy) is 1. The number of nitrogens with one attached hydrogen (secondary N) is 1. The van der Waals surface area contributed by atoms with E-state index in [1.54, 1.807) is 18.4 Å². The second kappa shape index (κ2) is 11.0. The van der Waals surface area contributed by atoms with Crippen LogP contribution in [0.1, 0.15) is 32.5 Å². The smallest absolute Gasteiger partial charge is 0.223 e. The van der Waals surface area contributed by atoms with Gasteiger partial charge in [-0.1, -0.05) is 44.2 Å². The van der Waals surface area contributed by atoms with E-state index < -0.39 is 0 Å². The van der Waals surface area contributed by atoms with Crippen LogP contribution in [0.5, 0.6) is 0 Å². The maximum atomic E-state index is 12.9. The van der Waals surface area contributed by atoms with E-state index in [9.17, 15) is 4.79 Å². The van der Waals surface area contributed by atoms with E-state index in [2.05, 4.69) is 72.7 Å². The number of amides is 1. The standard InChI is InChI=1S/C27H37N5O2S/c1-27(2,18-31(3)4)17-28-25(33)20-11-13-32(14-12-20)24-23-21(19-9-7-6-8-10-19)16-35-26(23)30-22(29-24)15-34-5/h6-10,16,20H,11-15,17-18H2,1-5H3,(H,28,33). The number of methoxy groups -OCH3 is 1. The van der Waals surface area contributed by atoms with Crippen molar-refractivity contribution in [1.82, 2.24) is 20.2 Å². The molecule has 1 fully saturated rings. The summed E-state index contributed by atoms with van der Waals surface area (Å²) in [6.07, 6.45) is 1.63. The Kier molecular flexibility index (Phi) is 8.04. The Bertz CT molecular complexity index is 1140. The van der Waals surface area contributed by atoms with Gasteiger partial charge in [-0.05, 0) is 37.9 Å². The molecule has 2 aromatic heterocycles. The number of anilines is 1. The van der Waals surface area contributed by atoms with Crippen LogP contribution in [-0.4, -0.2) is 68.2 Å². The molecule has 188 valence electrons. The van der Waals surface area contributed by atoms with Crippen LogP contribution in [0.4, 0.5) is 5.82 Å². The van der Waals surface area contributed by atoms with Crippen molar-refractivity contribution in [3.05, 3.63) is 41.5 Å². The van der Waals surface area contributed by atoms with E-state index in [0.717, 1.165) is 59.6 Å². The van der Waals surface area contributed by atoms with E-state index in [4.69, 9.17) is 14.7 Å². The van der Waals surface area contributed by atoms with Gasteiger partial charge in [-0.2, -0.15) is 0 Å². The number of carbonyl (C=O) groups is 1. The van der Waals surface area contributed by atoms with E-state index in [1.165, 1.54) is 0 Å². The van der Waals surface area contributed by atoms with Crippen molar-refractivity contribution in [2.24, 2.45) is 11.3 Å². The Labute approximate surface area is 212 Å². The molecule has 1 aromatic carbocycles. The van der Waals surface area contributed by atoms with Crippen LogP contribution in [-0.2, 0) is 16.1 Å². The van der Waals surface area contributed by atoms with Gasteiger partial charge in [-0.25, -0.2) is 9.97 Å². The Hall–Kier alpha value is -2.55. The number of thiophene rings is 1. The van der Waals surface area contributed by atoms with Gasteiger partial charge in [-0.15, -0.1) is 11.3 Å². The summed E-state index contributed by atoms with van der Waals surface area (Å²) in [5, 5.41) is 6.47. The van der Waals surface area contributed by atoms with Crippen LogP contribution < -0.4 is 10.2 Å². The quantitative estimate of drug-likeness (QED) is 0.474. The minimum atomic E-state index is 0.0354. The van der Waals surface area contributed by atoms with Crippen molar-refractivity contribution in [3.63, 3.8) is 0 Å². The monoisotopic (exact) mass is 495 g/mol. The Morgan fingerprint density at radius 2 is 1.91 bits per heavy atom. The first kappa shape index (κ1) is 25.5. The average Bonchev–Trinajstić information content (AvgIpc) is 3.26. The molecule has 1 aliphatic rings. The van der Waals surface area contributed by atoms with Crippen LogP contribution in [0.2, 0.25) is 0 Å². The second-order valence-electron chi connectivity index (χ2n) is 10.5. The molecule has 0 radical (unpaired) electrons. The lowest BCUT2D eigenvalue weighted by Crippen LogP contribution is -2.45. The summed E-state index contributed by atoms with van der Waals surface area (Å²) in [5.41, 5.74) is 2.36. The van der Waals surface area contributed by atoms with Crippen molar-refractivity contribution in [2.75, 3.05) is 52.3 Å². The maximum absolute atomic E-state index is 12.9. The first-order valence-corrected chi connectivity index (χ1v) is 13.2. The minimum Gasteiger partial charge on any atom is -0.377 e. The molecule has 0 atom stereocenters. The summed E-state index contributed by atoms with van der Waals surface area (Å²) in [4.78, 5) is 28.1. The molecular weight excluding hydrogens is 458 g/mol. The van der Waals surface area contributed by atoms with Crippen LogP contribution in [0.25, 0.3) is 21.3 Å². The Balaban J connectivity index is 1.51. The third-order valence-corrected chi connectivity index (χ3v) is 7.34. The minimum absolute atomic E-state index is 0.0354. The van der Waals surface area contributed by atoms with Gasteiger partial charge >= 0.3 is 0 Å². The molecule has 8 heteroatoms. The zero-order chi connectivity index (χ0) is 25.0. The lowest BCUT2D eigenvalue weighted by atomic mass is 9.91. The summed E-state index contributed by atoms with van der Waals surface area (Å²) in [6.45, 7) is 7.97. The number of hydrogen-bond donors (Lipinski definition) is 1. The van der Waals surface area contributed by atoms with Gasteiger partial charge in [0.05, 0.1) is 5.39 Å². The predicted octanol–water partition coefficient (Wildman–Crippen LogP) is 4.43. The number of benzene rings is 1. The lowest BCUT2D eigenvalue weighted by molar-refractivity contribution is -0.126. The summed E-state index contributed by atoms with van der Waals surface area (Å²) in [6, 6.07) is 10.4. The second-order valence-corrected chi connectivity index (χ2v) is 11.3. The van der Waals surface area contributed by atoms with Gasteiger partial charge in [0.1, 0.15) is 17.3 Å². The predicted molar refractivity (Wildman–Crippen MR) is 144 cm³/mol. The molecule has 0 bridgehead atoms. The normalized spacial score (nSPS) is 15.2. The largest absolute Gasteiger partial charge is 0.377 e. The SMILES string of the molecule is COCc1nc(N2CCC(C(=O)NCC(C)(C)CN(C)C)CC2)c2c(-c3ccccc3)csc2n1. The maximum Gasteiger partial charge on any atom is 0.223 e. The van der Waals surface area contributed by atoms with E-state index in [-0.39, 0.29) is 17.2 Å². The summed E-state index contributed by atoms with van der Waals surface area (Å²) in [5.74, 6) is 1.85. The fourth-order valence-electron chi connectivity index (χ4n) is 4.96. The molecule has 7 nitrogen and oxygen atoms in total. The molecule has 0 spiro atoms. The fourth-order valence-corrected chi connectivity index (χ4v) is 5.92. The van der Waals surface area contributed by atoms with E-state index >= 15 is 0 Å². The topological polar surface area (TPSA) is 70.6 Å². The molecule has 0 aliphatic carbocycles. The molecule has 35 heavy (non-hydrogen) atoms. The molecule has 1 saturated heterocycles. The molecule has 1 aliphatic heterocycles. The zero-order valence-electron chi connectivity index (χ0n) is 21.5. The number of rotatable bonds is 9. The van der Waals surface area contributed by atoms with Crippen LogP contribution >= 0.6 is 11.3 Å². The zero-order valence-corrected chi connectivity index (χ0v) is 22.3. The number of carbonyl (C=O) groups excluding carboxylic acids is 1.